The number of para-hydroxylation sites is 1. The molecule has 1 aromatic heterocycles. The molecular formula is C19H16N4O3S. The number of anilines is 1. The van der Waals surface area contributed by atoms with Crippen LogP contribution >= 0.6 is 11.3 Å². The van der Waals surface area contributed by atoms with E-state index in [2.05, 4.69) is 20.9 Å². The highest BCUT2D eigenvalue weighted by Gasteiger charge is 2.29. The van der Waals surface area contributed by atoms with E-state index in [9.17, 15) is 14.4 Å². The number of imide groups is 1. The molecule has 8 heteroatoms. The summed E-state index contributed by atoms with van der Waals surface area (Å²) in [6.07, 6.45) is 0.394. The first-order valence-corrected chi connectivity index (χ1v) is 9.27. The van der Waals surface area contributed by atoms with Crippen LogP contribution in [0.15, 0.2) is 48.5 Å². The fourth-order valence-electron chi connectivity index (χ4n) is 2.85. The minimum Gasteiger partial charge on any atom is -0.326 e. The van der Waals surface area contributed by atoms with Crippen LogP contribution in [0.3, 0.4) is 0 Å². The highest BCUT2D eigenvalue weighted by molar-refractivity contribution is 7.21. The Balaban J connectivity index is 1.36. The third kappa shape index (κ3) is 3.80. The van der Waals surface area contributed by atoms with Crippen molar-refractivity contribution in [3.05, 3.63) is 48.5 Å². The molecule has 0 spiro atoms. The summed E-state index contributed by atoms with van der Waals surface area (Å²) in [5.74, 6) is -0.607. The van der Waals surface area contributed by atoms with E-state index in [0.29, 0.717) is 5.69 Å². The number of hydrogen-bond donors (Lipinski definition) is 3. The lowest BCUT2D eigenvalue weighted by molar-refractivity contribution is -0.120. The maximum atomic E-state index is 12.1. The lowest BCUT2D eigenvalue weighted by atomic mass is 10.1. The highest BCUT2D eigenvalue weighted by atomic mass is 32.1. The number of rotatable bonds is 5. The Morgan fingerprint density at radius 1 is 1.11 bits per heavy atom. The van der Waals surface area contributed by atoms with E-state index < -0.39 is 18.0 Å². The zero-order chi connectivity index (χ0) is 18.8. The molecule has 1 aliphatic rings. The van der Waals surface area contributed by atoms with E-state index in [4.69, 9.17) is 0 Å². The molecule has 0 aliphatic carbocycles. The Labute approximate surface area is 158 Å². The molecule has 1 fully saturated rings. The van der Waals surface area contributed by atoms with E-state index in [1.165, 1.54) is 0 Å². The van der Waals surface area contributed by atoms with Gasteiger partial charge in [-0.15, -0.1) is 11.3 Å². The van der Waals surface area contributed by atoms with Crippen LogP contribution in [0.2, 0.25) is 0 Å². The van der Waals surface area contributed by atoms with Crippen LogP contribution in [0.4, 0.5) is 10.5 Å². The molecule has 0 bridgehead atoms. The first-order valence-electron chi connectivity index (χ1n) is 8.46. The maximum Gasteiger partial charge on any atom is 0.322 e. The SMILES string of the molecule is O=C(CC[C@@H]1NC(=O)NC1=O)Nc1ccc(-c2nc3ccccc3s2)cc1. The van der Waals surface area contributed by atoms with Gasteiger partial charge in [-0.2, -0.15) is 0 Å². The summed E-state index contributed by atoms with van der Waals surface area (Å²) < 4.78 is 1.13. The van der Waals surface area contributed by atoms with E-state index in [1.807, 2.05) is 48.5 Å². The Morgan fingerprint density at radius 3 is 2.59 bits per heavy atom. The van der Waals surface area contributed by atoms with Gasteiger partial charge in [-0.25, -0.2) is 9.78 Å². The quantitative estimate of drug-likeness (QED) is 0.593. The molecule has 3 N–H and O–H groups in total. The number of carbonyl (C=O) groups is 3. The number of thiazole rings is 1. The van der Waals surface area contributed by atoms with Gasteiger partial charge in [0.1, 0.15) is 11.0 Å². The smallest absolute Gasteiger partial charge is 0.322 e. The number of fused-ring (bicyclic) bond motifs is 1. The van der Waals surface area contributed by atoms with Crippen LogP contribution in [-0.2, 0) is 9.59 Å². The van der Waals surface area contributed by atoms with Crippen LogP contribution in [0, 0.1) is 0 Å². The summed E-state index contributed by atoms with van der Waals surface area (Å²) in [6.45, 7) is 0. The summed E-state index contributed by atoms with van der Waals surface area (Å²) in [5, 5.41) is 8.34. The molecule has 2 heterocycles. The van der Waals surface area contributed by atoms with Crippen molar-refractivity contribution in [3.8, 4) is 10.6 Å². The second kappa shape index (κ2) is 7.16. The molecule has 0 saturated carbocycles. The zero-order valence-electron chi connectivity index (χ0n) is 14.2. The summed E-state index contributed by atoms with van der Waals surface area (Å²) in [7, 11) is 0. The van der Waals surface area contributed by atoms with Crippen molar-refractivity contribution in [1.82, 2.24) is 15.6 Å². The van der Waals surface area contributed by atoms with Gasteiger partial charge >= 0.3 is 6.03 Å². The van der Waals surface area contributed by atoms with Gasteiger partial charge in [0.25, 0.3) is 5.91 Å². The lowest BCUT2D eigenvalue weighted by Crippen LogP contribution is -2.30. The molecule has 2 aromatic carbocycles. The summed E-state index contributed by atoms with van der Waals surface area (Å²) in [6, 6.07) is 14.3. The number of hydrogen-bond acceptors (Lipinski definition) is 5. The van der Waals surface area contributed by atoms with Crippen molar-refractivity contribution in [1.29, 1.82) is 0 Å². The Kier molecular flexibility index (Phi) is 4.55. The Bertz CT molecular complexity index is 996. The van der Waals surface area contributed by atoms with E-state index in [1.54, 1.807) is 11.3 Å². The fourth-order valence-corrected chi connectivity index (χ4v) is 3.82. The predicted octanol–water partition coefficient (Wildman–Crippen LogP) is 2.89. The van der Waals surface area contributed by atoms with Crippen LogP contribution < -0.4 is 16.0 Å². The molecule has 7 nitrogen and oxygen atoms in total. The number of carbonyl (C=O) groups excluding carboxylic acids is 3. The van der Waals surface area contributed by atoms with Crippen molar-refractivity contribution in [2.45, 2.75) is 18.9 Å². The van der Waals surface area contributed by atoms with Gasteiger partial charge in [0, 0.05) is 17.7 Å². The Hall–Kier alpha value is -3.26. The standard InChI is InChI=1S/C19H16N4O3S/c24-16(10-9-14-17(25)23-19(26)22-14)20-12-7-5-11(6-8-12)18-21-13-3-1-2-4-15(13)27-18/h1-8,14H,9-10H2,(H,20,24)(H2,22,23,25,26)/t14-/m0/s1. The van der Waals surface area contributed by atoms with Crippen LogP contribution in [0.25, 0.3) is 20.8 Å². The maximum absolute atomic E-state index is 12.1. The normalized spacial score (nSPS) is 16.2. The molecule has 1 saturated heterocycles. The number of nitrogens with zero attached hydrogens (tertiary/aromatic N) is 1. The first kappa shape index (κ1) is 17.2. The minimum atomic E-state index is -0.648. The number of nitrogens with one attached hydrogen (secondary N) is 3. The number of benzene rings is 2. The lowest BCUT2D eigenvalue weighted by Gasteiger charge is -2.08. The van der Waals surface area contributed by atoms with Crippen LogP contribution in [0.1, 0.15) is 12.8 Å². The summed E-state index contributed by atoms with van der Waals surface area (Å²) >= 11 is 1.62. The van der Waals surface area contributed by atoms with Gasteiger partial charge in [0.2, 0.25) is 5.91 Å². The monoisotopic (exact) mass is 380 g/mol. The number of amides is 4. The molecule has 0 radical (unpaired) electrons. The van der Waals surface area contributed by atoms with Gasteiger partial charge in [-0.05, 0) is 42.8 Å². The molecule has 27 heavy (non-hydrogen) atoms. The largest absolute Gasteiger partial charge is 0.326 e. The molecule has 4 amide bonds. The third-order valence-corrected chi connectivity index (χ3v) is 5.31. The average molecular weight is 380 g/mol. The van der Waals surface area contributed by atoms with Gasteiger partial charge in [-0.1, -0.05) is 12.1 Å². The van der Waals surface area contributed by atoms with Crippen molar-refractivity contribution in [2.24, 2.45) is 0 Å². The zero-order valence-corrected chi connectivity index (χ0v) is 15.0. The molecule has 3 aromatic rings. The predicted molar refractivity (Wildman–Crippen MR) is 103 cm³/mol. The molecule has 0 unspecified atom stereocenters. The van der Waals surface area contributed by atoms with Crippen molar-refractivity contribution >= 4 is 45.1 Å². The van der Waals surface area contributed by atoms with E-state index in [0.717, 1.165) is 20.8 Å². The van der Waals surface area contributed by atoms with Crippen LogP contribution in [-0.4, -0.2) is 28.9 Å². The van der Waals surface area contributed by atoms with Gasteiger partial charge in [-0.3, -0.25) is 14.9 Å². The molecule has 1 atom stereocenters. The van der Waals surface area contributed by atoms with Crippen molar-refractivity contribution in [2.75, 3.05) is 5.32 Å². The summed E-state index contributed by atoms with van der Waals surface area (Å²) in [5.41, 5.74) is 2.63. The van der Waals surface area contributed by atoms with E-state index in [-0.39, 0.29) is 18.7 Å². The fraction of sp³-hybridized carbons (Fsp3) is 0.158. The Morgan fingerprint density at radius 2 is 1.89 bits per heavy atom. The van der Waals surface area contributed by atoms with Crippen LogP contribution in [0.5, 0.6) is 0 Å². The number of aromatic nitrogens is 1. The average Bonchev–Trinajstić information content (AvgIpc) is 3.23. The molecule has 1 aliphatic heterocycles. The van der Waals surface area contributed by atoms with Gasteiger partial charge in [0.05, 0.1) is 10.2 Å². The first-order chi connectivity index (χ1) is 13.1. The molecule has 136 valence electrons. The minimum absolute atomic E-state index is 0.137. The van der Waals surface area contributed by atoms with Gasteiger partial charge < -0.3 is 10.6 Å². The van der Waals surface area contributed by atoms with Crippen molar-refractivity contribution < 1.29 is 14.4 Å². The number of urea groups is 1. The molecular weight excluding hydrogens is 364 g/mol. The third-order valence-electron chi connectivity index (χ3n) is 4.23. The second-order valence-corrected chi connectivity index (χ2v) is 7.20. The molecule has 4 rings (SSSR count). The van der Waals surface area contributed by atoms with Crippen molar-refractivity contribution in [3.63, 3.8) is 0 Å². The summed E-state index contributed by atoms with van der Waals surface area (Å²) in [4.78, 5) is 39.2. The topological polar surface area (TPSA) is 100 Å². The second-order valence-electron chi connectivity index (χ2n) is 6.17. The highest BCUT2D eigenvalue weighted by Crippen LogP contribution is 2.30. The van der Waals surface area contributed by atoms with Gasteiger partial charge in [0.15, 0.2) is 0 Å². The van der Waals surface area contributed by atoms with E-state index >= 15 is 0 Å².